The van der Waals surface area contributed by atoms with Gasteiger partial charge < -0.3 is 11.1 Å². The van der Waals surface area contributed by atoms with E-state index in [9.17, 15) is 4.79 Å². The van der Waals surface area contributed by atoms with Crippen molar-refractivity contribution < 1.29 is 4.79 Å². The predicted octanol–water partition coefficient (Wildman–Crippen LogP) is 3.42. The number of fused-ring (bicyclic) bond motifs is 1. The van der Waals surface area contributed by atoms with Crippen LogP contribution in [0.1, 0.15) is 35.3 Å². The van der Waals surface area contributed by atoms with Crippen LogP contribution >= 0.6 is 0 Å². The van der Waals surface area contributed by atoms with Gasteiger partial charge in [-0.15, -0.1) is 0 Å². The minimum atomic E-state index is -0.0807. The van der Waals surface area contributed by atoms with E-state index in [0.717, 1.165) is 17.7 Å². The number of carbonyl (C=O) groups excluding carboxylic acids is 1. The number of allylic oxidation sites excluding steroid dienone is 1. The molecule has 22 heavy (non-hydrogen) atoms. The third-order valence-electron chi connectivity index (χ3n) is 3.91. The van der Waals surface area contributed by atoms with E-state index in [4.69, 9.17) is 5.73 Å². The molecule has 0 saturated carbocycles. The summed E-state index contributed by atoms with van der Waals surface area (Å²) < 4.78 is 0. The predicted molar refractivity (Wildman–Crippen MR) is 90.5 cm³/mol. The topological polar surface area (TPSA) is 55.1 Å². The van der Waals surface area contributed by atoms with Crippen LogP contribution in [0.3, 0.4) is 0 Å². The monoisotopic (exact) mass is 292 g/mol. The first-order valence-corrected chi connectivity index (χ1v) is 7.43. The number of hydrogen-bond acceptors (Lipinski definition) is 3. The molecule has 0 aliphatic carbocycles. The zero-order chi connectivity index (χ0) is 15.7. The Hall–Kier alpha value is -2.55. The van der Waals surface area contributed by atoms with Crippen molar-refractivity contribution in [3.05, 3.63) is 71.3 Å². The van der Waals surface area contributed by atoms with E-state index in [-0.39, 0.29) is 11.3 Å². The van der Waals surface area contributed by atoms with E-state index in [1.54, 1.807) is 18.2 Å². The fraction of sp³-hybridized carbons (Fsp3) is 0.211. The average Bonchev–Trinajstić information content (AvgIpc) is 2.46. The second-order valence-corrected chi connectivity index (χ2v) is 6.35. The van der Waals surface area contributed by atoms with Crippen molar-refractivity contribution >= 4 is 17.2 Å². The van der Waals surface area contributed by atoms with Crippen molar-refractivity contribution in [3.63, 3.8) is 0 Å². The highest BCUT2D eigenvalue weighted by Gasteiger charge is 2.27. The summed E-state index contributed by atoms with van der Waals surface area (Å²) in [5.41, 5.74) is 10.1. The molecule has 3 nitrogen and oxygen atoms in total. The van der Waals surface area contributed by atoms with Crippen LogP contribution in [0.4, 0.5) is 5.69 Å². The molecule has 0 saturated heterocycles. The highest BCUT2D eigenvalue weighted by Crippen LogP contribution is 2.29. The standard InChI is InChI=1S/C19H20N2O/c1-19(2)12-13-7-3-4-8-14(13)17(21-19)11-18(22)15-9-5-6-10-16(15)20/h3-11,21H,12,20H2,1-2H3. The van der Waals surface area contributed by atoms with E-state index >= 15 is 0 Å². The number of nitrogen functional groups attached to an aromatic ring is 1. The molecule has 3 heteroatoms. The van der Waals surface area contributed by atoms with Crippen molar-refractivity contribution in [1.29, 1.82) is 0 Å². The summed E-state index contributed by atoms with van der Waals surface area (Å²) in [5, 5.41) is 3.47. The van der Waals surface area contributed by atoms with E-state index in [2.05, 4.69) is 25.2 Å². The molecule has 0 aromatic heterocycles. The molecule has 112 valence electrons. The molecular formula is C19H20N2O. The lowest BCUT2D eigenvalue weighted by atomic mass is 9.85. The van der Waals surface area contributed by atoms with Gasteiger partial charge in [-0.3, -0.25) is 4.79 Å². The van der Waals surface area contributed by atoms with E-state index in [1.807, 2.05) is 30.3 Å². The Morgan fingerprint density at radius 2 is 1.82 bits per heavy atom. The number of carbonyl (C=O) groups is 1. The highest BCUT2D eigenvalue weighted by molar-refractivity contribution is 6.11. The summed E-state index contributed by atoms with van der Waals surface area (Å²) in [6.45, 7) is 4.27. The van der Waals surface area contributed by atoms with Gasteiger partial charge in [-0.25, -0.2) is 0 Å². The number of nitrogens with two attached hydrogens (primary N) is 1. The van der Waals surface area contributed by atoms with Crippen LogP contribution in [-0.4, -0.2) is 11.3 Å². The normalized spacial score (nSPS) is 17.6. The molecule has 0 unspecified atom stereocenters. The summed E-state index contributed by atoms with van der Waals surface area (Å²) in [6.07, 6.45) is 2.59. The number of para-hydroxylation sites is 1. The molecule has 3 rings (SSSR count). The van der Waals surface area contributed by atoms with Gasteiger partial charge in [-0.1, -0.05) is 36.4 Å². The minimum absolute atomic E-state index is 0.0758. The summed E-state index contributed by atoms with van der Waals surface area (Å²) in [7, 11) is 0. The zero-order valence-corrected chi connectivity index (χ0v) is 12.9. The van der Waals surface area contributed by atoms with Gasteiger partial charge in [0.25, 0.3) is 0 Å². The van der Waals surface area contributed by atoms with Gasteiger partial charge in [0, 0.05) is 34.1 Å². The number of hydrogen-bond donors (Lipinski definition) is 2. The van der Waals surface area contributed by atoms with Crippen molar-refractivity contribution in [3.8, 4) is 0 Å². The van der Waals surface area contributed by atoms with Crippen LogP contribution in [0.2, 0.25) is 0 Å². The molecule has 3 N–H and O–H groups in total. The Labute approximate surface area is 130 Å². The summed E-state index contributed by atoms with van der Waals surface area (Å²) in [4.78, 5) is 12.6. The molecule has 1 aliphatic rings. The van der Waals surface area contributed by atoms with Crippen molar-refractivity contribution in [2.75, 3.05) is 5.73 Å². The number of ketones is 1. The molecular weight excluding hydrogens is 272 g/mol. The van der Waals surface area contributed by atoms with Crippen LogP contribution in [-0.2, 0) is 6.42 Å². The molecule has 0 spiro atoms. The summed E-state index contributed by atoms with van der Waals surface area (Å²) in [5.74, 6) is -0.0758. The molecule has 2 aromatic carbocycles. The van der Waals surface area contributed by atoms with E-state index in [1.165, 1.54) is 5.56 Å². The van der Waals surface area contributed by atoms with Crippen molar-refractivity contribution in [1.82, 2.24) is 5.32 Å². The Balaban J connectivity index is 2.04. The first-order valence-electron chi connectivity index (χ1n) is 7.43. The summed E-state index contributed by atoms with van der Waals surface area (Å²) in [6, 6.07) is 15.4. The SMILES string of the molecule is CC1(C)Cc2ccccc2C(=CC(=O)c2ccccc2N)N1. The first-order chi connectivity index (χ1) is 10.5. The van der Waals surface area contributed by atoms with Gasteiger partial charge in [0.15, 0.2) is 5.78 Å². The van der Waals surface area contributed by atoms with Gasteiger partial charge in [0.2, 0.25) is 0 Å². The van der Waals surface area contributed by atoms with Crippen LogP contribution in [0.25, 0.3) is 5.70 Å². The van der Waals surface area contributed by atoms with E-state index < -0.39 is 0 Å². The van der Waals surface area contributed by atoms with Gasteiger partial charge in [-0.05, 0) is 38.0 Å². The lowest BCUT2D eigenvalue weighted by Gasteiger charge is -2.35. The fourth-order valence-corrected chi connectivity index (χ4v) is 2.93. The highest BCUT2D eigenvalue weighted by atomic mass is 16.1. The van der Waals surface area contributed by atoms with Crippen molar-refractivity contribution in [2.45, 2.75) is 25.8 Å². The molecule has 0 fully saturated rings. The zero-order valence-electron chi connectivity index (χ0n) is 12.9. The largest absolute Gasteiger partial charge is 0.398 e. The Bertz CT molecular complexity index is 760. The molecule has 0 radical (unpaired) electrons. The van der Waals surface area contributed by atoms with Gasteiger partial charge in [0.05, 0.1) is 0 Å². The Morgan fingerprint density at radius 3 is 2.59 bits per heavy atom. The molecule has 0 bridgehead atoms. The maximum absolute atomic E-state index is 12.6. The second kappa shape index (κ2) is 5.34. The molecule has 2 aromatic rings. The first kappa shape index (κ1) is 14.4. The quantitative estimate of drug-likeness (QED) is 0.506. The number of rotatable bonds is 2. The lowest BCUT2D eigenvalue weighted by molar-refractivity contribution is 0.104. The average molecular weight is 292 g/mol. The van der Waals surface area contributed by atoms with Crippen LogP contribution in [0, 0.1) is 0 Å². The Morgan fingerprint density at radius 1 is 1.14 bits per heavy atom. The number of anilines is 1. The molecule has 0 amide bonds. The van der Waals surface area contributed by atoms with Gasteiger partial charge >= 0.3 is 0 Å². The molecule has 0 atom stereocenters. The summed E-state index contributed by atoms with van der Waals surface area (Å²) >= 11 is 0. The van der Waals surface area contributed by atoms with Crippen LogP contribution < -0.4 is 11.1 Å². The van der Waals surface area contributed by atoms with Crippen LogP contribution in [0.15, 0.2) is 54.6 Å². The third kappa shape index (κ3) is 2.75. The molecule has 1 heterocycles. The fourth-order valence-electron chi connectivity index (χ4n) is 2.93. The van der Waals surface area contributed by atoms with Crippen LogP contribution in [0.5, 0.6) is 0 Å². The maximum Gasteiger partial charge on any atom is 0.189 e. The van der Waals surface area contributed by atoms with Gasteiger partial charge in [-0.2, -0.15) is 0 Å². The molecule has 1 aliphatic heterocycles. The van der Waals surface area contributed by atoms with E-state index in [0.29, 0.717) is 11.3 Å². The maximum atomic E-state index is 12.6. The number of nitrogens with one attached hydrogen (secondary N) is 1. The lowest BCUT2D eigenvalue weighted by Crippen LogP contribution is -2.43. The van der Waals surface area contributed by atoms with Crippen molar-refractivity contribution in [2.24, 2.45) is 0 Å². The third-order valence-corrected chi connectivity index (χ3v) is 3.91. The number of benzene rings is 2. The Kier molecular flexibility index (Phi) is 3.49. The smallest absolute Gasteiger partial charge is 0.189 e. The minimum Gasteiger partial charge on any atom is -0.398 e. The van der Waals surface area contributed by atoms with Gasteiger partial charge in [0.1, 0.15) is 0 Å². The second-order valence-electron chi connectivity index (χ2n) is 6.35.